The van der Waals surface area contributed by atoms with Gasteiger partial charge in [-0.2, -0.15) is 18.2 Å². The zero-order valence-electron chi connectivity index (χ0n) is 20.7. The molecule has 1 atom stereocenters. The Bertz CT molecular complexity index is 1460. The topological polar surface area (TPSA) is 157 Å². The maximum atomic E-state index is 13.5. The molecule has 16 heteroatoms. The van der Waals surface area contributed by atoms with E-state index in [1.54, 1.807) is 0 Å². The fraction of sp³-hybridized carbons (Fsp3) is 0.435. The fourth-order valence-electron chi connectivity index (χ4n) is 4.29. The van der Waals surface area contributed by atoms with E-state index in [0.29, 0.717) is 12.8 Å². The van der Waals surface area contributed by atoms with Gasteiger partial charge in [0.1, 0.15) is 18.4 Å². The molecule has 0 bridgehead atoms. The second-order valence-corrected chi connectivity index (χ2v) is 10.8. The number of nitrogens with one attached hydrogen (secondary N) is 1. The van der Waals surface area contributed by atoms with Crippen molar-refractivity contribution >= 4 is 21.9 Å². The number of aryl methyl sites for hydroxylation is 1. The summed E-state index contributed by atoms with van der Waals surface area (Å²) in [6, 6.07) is 4.09. The van der Waals surface area contributed by atoms with Gasteiger partial charge in [0.05, 0.1) is 5.75 Å². The van der Waals surface area contributed by atoms with Crippen molar-refractivity contribution in [1.29, 1.82) is 0 Å². The van der Waals surface area contributed by atoms with E-state index >= 15 is 0 Å². The molecular formula is C23H25F4N7O4S. The van der Waals surface area contributed by atoms with Crippen LogP contribution in [0.4, 0.5) is 23.5 Å². The second kappa shape index (κ2) is 11.2. The average molecular weight is 572 g/mol. The van der Waals surface area contributed by atoms with Gasteiger partial charge in [-0.05, 0) is 43.9 Å². The van der Waals surface area contributed by atoms with Crippen LogP contribution in [0.1, 0.15) is 53.5 Å². The predicted octanol–water partition coefficient (Wildman–Crippen LogP) is 2.50. The largest absolute Gasteiger partial charge is 0.433 e. The normalized spacial score (nSPS) is 16.9. The molecule has 1 amide bonds. The molecule has 0 aliphatic carbocycles. The number of carbonyl (C=O) groups excluding carboxylic acids is 1. The van der Waals surface area contributed by atoms with Crippen molar-refractivity contribution in [2.45, 2.75) is 57.1 Å². The molecule has 39 heavy (non-hydrogen) atoms. The highest BCUT2D eigenvalue weighted by atomic mass is 32.2. The molecule has 0 saturated carbocycles. The van der Waals surface area contributed by atoms with Gasteiger partial charge in [0.2, 0.25) is 27.8 Å². The van der Waals surface area contributed by atoms with Crippen LogP contribution in [0.5, 0.6) is 0 Å². The quantitative estimate of drug-likeness (QED) is 0.388. The number of likely N-dealkylation sites (tertiary alicyclic amines) is 1. The summed E-state index contributed by atoms with van der Waals surface area (Å²) in [7, 11) is -3.98. The lowest BCUT2D eigenvalue weighted by Crippen LogP contribution is -2.47. The van der Waals surface area contributed by atoms with E-state index in [2.05, 4.69) is 24.8 Å². The average Bonchev–Trinajstić information content (AvgIpc) is 3.20. The molecule has 0 unspecified atom stereocenters. The van der Waals surface area contributed by atoms with Gasteiger partial charge in [0.15, 0.2) is 11.5 Å². The highest BCUT2D eigenvalue weighted by molar-refractivity contribution is 7.88. The number of halogens is 4. The Labute approximate surface area is 220 Å². The van der Waals surface area contributed by atoms with Gasteiger partial charge in [-0.3, -0.25) is 4.79 Å². The van der Waals surface area contributed by atoms with E-state index < -0.39 is 51.4 Å². The Morgan fingerprint density at radius 1 is 1.21 bits per heavy atom. The number of nitrogens with two attached hydrogens (primary N) is 1. The Balaban J connectivity index is 1.46. The van der Waals surface area contributed by atoms with Gasteiger partial charge < -0.3 is 15.2 Å². The number of nitrogen functional groups attached to an aromatic ring is 1. The lowest BCUT2D eigenvalue weighted by Gasteiger charge is -2.23. The van der Waals surface area contributed by atoms with E-state index in [0.717, 1.165) is 6.07 Å². The highest BCUT2D eigenvalue weighted by Gasteiger charge is 2.37. The molecular weight excluding hydrogens is 546 g/mol. The summed E-state index contributed by atoms with van der Waals surface area (Å²) in [4.78, 5) is 25.7. The van der Waals surface area contributed by atoms with Crippen molar-refractivity contribution in [2.24, 2.45) is 0 Å². The number of amides is 1. The molecule has 3 aromatic rings. The van der Waals surface area contributed by atoms with Crippen molar-refractivity contribution in [3.05, 3.63) is 64.3 Å². The number of nitrogens with zero attached hydrogens (tertiary/aromatic N) is 5. The van der Waals surface area contributed by atoms with Crippen LogP contribution in [0.3, 0.4) is 0 Å². The van der Waals surface area contributed by atoms with E-state index in [4.69, 9.17) is 10.3 Å². The van der Waals surface area contributed by atoms with Crippen LogP contribution in [0.25, 0.3) is 0 Å². The molecule has 1 saturated heterocycles. The molecule has 11 nitrogen and oxygen atoms in total. The van der Waals surface area contributed by atoms with Crippen LogP contribution in [0, 0.1) is 12.7 Å². The Hall–Kier alpha value is -3.66. The first-order valence-electron chi connectivity index (χ1n) is 11.9. The Kier molecular flexibility index (Phi) is 8.15. The molecule has 4 rings (SSSR count). The number of anilines is 1. The number of benzene rings is 1. The van der Waals surface area contributed by atoms with E-state index in [9.17, 15) is 30.8 Å². The number of aromatic nitrogens is 4. The minimum absolute atomic E-state index is 0.0113. The van der Waals surface area contributed by atoms with Gasteiger partial charge in [0, 0.05) is 24.2 Å². The zero-order chi connectivity index (χ0) is 28.4. The molecule has 1 aromatic carbocycles. The molecule has 1 fully saturated rings. The molecule has 3 heterocycles. The molecule has 1 aliphatic heterocycles. The summed E-state index contributed by atoms with van der Waals surface area (Å²) in [5.74, 6) is -2.23. The molecule has 1 aliphatic rings. The minimum Gasteiger partial charge on any atom is -0.368 e. The highest BCUT2D eigenvalue weighted by Crippen LogP contribution is 2.32. The third-order valence-electron chi connectivity index (χ3n) is 6.02. The third kappa shape index (κ3) is 7.26. The third-order valence-corrected chi connectivity index (χ3v) is 7.38. The number of hydrogen-bond donors (Lipinski definition) is 2. The summed E-state index contributed by atoms with van der Waals surface area (Å²) in [5, 5.41) is 3.72. The summed E-state index contributed by atoms with van der Waals surface area (Å²) in [5.41, 5.74) is 4.16. The summed E-state index contributed by atoms with van der Waals surface area (Å²) in [6.07, 6.45) is -3.78. The van der Waals surface area contributed by atoms with Crippen LogP contribution in [-0.2, 0) is 39.7 Å². The van der Waals surface area contributed by atoms with Gasteiger partial charge in [-0.1, -0.05) is 17.3 Å². The van der Waals surface area contributed by atoms with Crippen molar-refractivity contribution < 1.29 is 35.3 Å². The van der Waals surface area contributed by atoms with E-state index in [1.165, 1.54) is 30.0 Å². The van der Waals surface area contributed by atoms with Gasteiger partial charge in [0.25, 0.3) is 0 Å². The fourth-order valence-corrected chi connectivity index (χ4v) is 5.64. The maximum Gasteiger partial charge on any atom is 0.433 e. The van der Waals surface area contributed by atoms with Crippen LogP contribution in [0.2, 0.25) is 0 Å². The number of alkyl halides is 3. The van der Waals surface area contributed by atoms with Gasteiger partial charge in [-0.25, -0.2) is 27.5 Å². The summed E-state index contributed by atoms with van der Waals surface area (Å²) in [6.45, 7) is 1.47. The molecule has 210 valence electrons. The van der Waals surface area contributed by atoms with E-state index in [1.807, 2.05) is 0 Å². The number of sulfonamides is 1. The Morgan fingerprint density at radius 3 is 2.69 bits per heavy atom. The van der Waals surface area contributed by atoms with Crippen LogP contribution >= 0.6 is 0 Å². The summed E-state index contributed by atoms with van der Waals surface area (Å²) < 4.78 is 86.8. The van der Waals surface area contributed by atoms with Gasteiger partial charge >= 0.3 is 6.18 Å². The zero-order valence-corrected chi connectivity index (χ0v) is 21.5. The SMILES string of the molecule is Cc1nc(N)nc(C(F)(F)F)c1Cc1noc(CN2CCCC[C@H](NS(=O)(=O)Cc3cccc(F)c3)C2=O)n1. The molecule has 0 spiro atoms. The molecule has 0 radical (unpaired) electrons. The number of carbonyl (C=O) groups is 1. The standard InChI is InChI=1S/C23H25F4N7O4S/c1-13-16(20(23(25,26)27)31-22(28)29-13)10-18-30-19(38-32-18)11-34-8-3-2-7-17(21(34)35)33-39(36,37)12-14-5-4-6-15(24)9-14/h4-6,9,17,33H,2-3,7-8,10-12H2,1H3,(H2,28,29,31)/t17-/m0/s1. The molecule has 2 aromatic heterocycles. The van der Waals surface area contributed by atoms with Crippen molar-refractivity contribution in [2.75, 3.05) is 12.3 Å². The Morgan fingerprint density at radius 2 is 1.97 bits per heavy atom. The molecule has 3 N–H and O–H groups in total. The van der Waals surface area contributed by atoms with Crippen LogP contribution < -0.4 is 10.5 Å². The van der Waals surface area contributed by atoms with Gasteiger partial charge in [-0.15, -0.1) is 0 Å². The summed E-state index contributed by atoms with van der Waals surface area (Å²) >= 11 is 0. The smallest absolute Gasteiger partial charge is 0.368 e. The first-order chi connectivity index (χ1) is 18.3. The lowest BCUT2D eigenvalue weighted by molar-refractivity contribution is -0.141. The number of hydrogen-bond acceptors (Lipinski definition) is 9. The minimum atomic E-state index is -4.78. The van der Waals surface area contributed by atoms with Crippen molar-refractivity contribution in [1.82, 2.24) is 29.7 Å². The van der Waals surface area contributed by atoms with Crippen molar-refractivity contribution in [3.63, 3.8) is 0 Å². The van der Waals surface area contributed by atoms with Crippen molar-refractivity contribution in [3.8, 4) is 0 Å². The second-order valence-electron chi connectivity index (χ2n) is 9.09. The van der Waals surface area contributed by atoms with Crippen LogP contribution in [-0.4, -0.2) is 51.9 Å². The monoisotopic (exact) mass is 571 g/mol. The van der Waals surface area contributed by atoms with Crippen LogP contribution in [0.15, 0.2) is 28.8 Å². The predicted molar refractivity (Wildman–Crippen MR) is 129 cm³/mol. The first-order valence-corrected chi connectivity index (χ1v) is 13.5. The van der Waals surface area contributed by atoms with E-state index in [-0.39, 0.29) is 54.5 Å². The number of rotatable bonds is 8. The maximum absolute atomic E-state index is 13.5. The first kappa shape index (κ1) is 28.4. The lowest BCUT2D eigenvalue weighted by atomic mass is 10.1.